The van der Waals surface area contributed by atoms with E-state index in [1.165, 1.54) is 44.9 Å². The first-order valence-corrected chi connectivity index (χ1v) is 11.6. The van der Waals surface area contributed by atoms with E-state index in [1.54, 1.807) is 0 Å². The molecule has 0 bridgehead atoms. The molecule has 1 saturated heterocycles. The fourth-order valence-electron chi connectivity index (χ4n) is 4.79. The number of hydrogen-bond donors (Lipinski definition) is 2. The molecule has 2 N–H and O–H groups in total. The molecular formula is C22H43IN4O2. The monoisotopic (exact) mass is 522 g/mol. The van der Waals surface area contributed by atoms with Gasteiger partial charge in [0, 0.05) is 51.5 Å². The topological polar surface area (TPSA) is 58.1 Å². The van der Waals surface area contributed by atoms with Gasteiger partial charge in [-0.15, -0.1) is 24.0 Å². The summed E-state index contributed by atoms with van der Waals surface area (Å²) in [6.07, 6.45) is 10.4. The van der Waals surface area contributed by atoms with Crippen molar-refractivity contribution in [3.8, 4) is 0 Å². The molecule has 6 nitrogen and oxygen atoms in total. The Morgan fingerprint density at radius 3 is 2.38 bits per heavy atom. The van der Waals surface area contributed by atoms with Crippen LogP contribution < -0.4 is 10.6 Å². The van der Waals surface area contributed by atoms with Crippen molar-refractivity contribution in [1.29, 1.82) is 0 Å². The minimum Gasteiger partial charge on any atom is -0.382 e. The maximum absolute atomic E-state index is 5.61. The van der Waals surface area contributed by atoms with E-state index in [9.17, 15) is 0 Å². The van der Waals surface area contributed by atoms with E-state index in [-0.39, 0.29) is 29.5 Å². The highest BCUT2D eigenvalue weighted by Gasteiger charge is 2.42. The molecule has 7 heteroatoms. The van der Waals surface area contributed by atoms with Crippen molar-refractivity contribution in [3.05, 3.63) is 0 Å². The van der Waals surface area contributed by atoms with Crippen LogP contribution in [0.15, 0.2) is 4.99 Å². The molecule has 0 aromatic heterocycles. The standard InChI is InChI=1S/C22H42N4O2.HI/c1-3-23-20(24-18-21(10-11-21)12-15-27-4-2)25-19-22(8-6-5-7-9-22)26-13-16-28-17-14-26;/h3-19H2,1-2H3,(H2,23,24,25);1H. The highest BCUT2D eigenvalue weighted by atomic mass is 127. The second-order valence-corrected chi connectivity index (χ2v) is 8.88. The Morgan fingerprint density at radius 1 is 1.03 bits per heavy atom. The summed E-state index contributed by atoms with van der Waals surface area (Å²) >= 11 is 0. The van der Waals surface area contributed by atoms with Crippen LogP contribution in [0.25, 0.3) is 0 Å². The average molecular weight is 523 g/mol. The molecule has 3 rings (SSSR count). The van der Waals surface area contributed by atoms with Gasteiger partial charge >= 0.3 is 0 Å². The number of nitrogens with zero attached hydrogens (tertiary/aromatic N) is 2. The molecule has 0 aromatic rings. The lowest BCUT2D eigenvalue weighted by Gasteiger charge is -2.48. The lowest BCUT2D eigenvalue weighted by atomic mass is 9.80. The Morgan fingerprint density at radius 2 is 1.76 bits per heavy atom. The Balaban J connectivity index is 0.00000300. The third-order valence-electron chi connectivity index (χ3n) is 6.91. The van der Waals surface area contributed by atoms with Gasteiger partial charge in [0.05, 0.1) is 13.2 Å². The molecule has 0 spiro atoms. The minimum absolute atomic E-state index is 0. The van der Waals surface area contributed by atoms with E-state index in [4.69, 9.17) is 14.5 Å². The number of hydrogen-bond acceptors (Lipinski definition) is 4. The van der Waals surface area contributed by atoms with Gasteiger partial charge in [-0.1, -0.05) is 19.3 Å². The molecule has 0 radical (unpaired) electrons. The molecule has 1 heterocycles. The Hall–Kier alpha value is -0.120. The largest absolute Gasteiger partial charge is 0.382 e. The van der Waals surface area contributed by atoms with Crippen LogP contribution in [0.2, 0.25) is 0 Å². The van der Waals surface area contributed by atoms with Gasteiger partial charge in [-0.3, -0.25) is 9.89 Å². The second kappa shape index (κ2) is 12.7. The van der Waals surface area contributed by atoms with Crippen LogP contribution in [-0.2, 0) is 9.47 Å². The minimum atomic E-state index is 0. The lowest BCUT2D eigenvalue weighted by Crippen LogP contribution is -2.60. The highest BCUT2D eigenvalue weighted by molar-refractivity contribution is 14.0. The zero-order chi connectivity index (χ0) is 19.7. The Labute approximate surface area is 195 Å². The van der Waals surface area contributed by atoms with Gasteiger partial charge in [0.1, 0.15) is 0 Å². The number of nitrogens with one attached hydrogen (secondary N) is 2. The molecule has 2 aliphatic carbocycles. The molecule has 0 amide bonds. The van der Waals surface area contributed by atoms with Gasteiger partial charge in [-0.05, 0) is 51.4 Å². The second-order valence-electron chi connectivity index (χ2n) is 8.88. The fraction of sp³-hybridized carbons (Fsp3) is 0.955. The van der Waals surface area contributed by atoms with Crippen LogP contribution in [0.5, 0.6) is 0 Å². The predicted molar refractivity (Wildman–Crippen MR) is 130 cm³/mol. The summed E-state index contributed by atoms with van der Waals surface area (Å²) in [5, 5.41) is 7.20. The van der Waals surface area contributed by atoms with Gasteiger partial charge < -0.3 is 20.1 Å². The number of guanidine groups is 1. The van der Waals surface area contributed by atoms with Crippen LogP contribution in [0.1, 0.15) is 65.2 Å². The third kappa shape index (κ3) is 7.51. The van der Waals surface area contributed by atoms with Crippen molar-refractivity contribution in [1.82, 2.24) is 15.5 Å². The van der Waals surface area contributed by atoms with Crippen LogP contribution in [-0.4, -0.2) is 75.5 Å². The van der Waals surface area contributed by atoms with Crippen molar-refractivity contribution >= 4 is 29.9 Å². The molecule has 0 atom stereocenters. The number of morpholine rings is 1. The van der Waals surface area contributed by atoms with Gasteiger partial charge in [0.25, 0.3) is 0 Å². The predicted octanol–water partition coefficient (Wildman–Crippen LogP) is 3.40. The van der Waals surface area contributed by atoms with Crippen LogP contribution in [0.3, 0.4) is 0 Å². The van der Waals surface area contributed by atoms with E-state index in [0.29, 0.717) is 5.41 Å². The highest BCUT2D eigenvalue weighted by Crippen LogP contribution is 2.49. The first-order chi connectivity index (χ1) is 13.7. The van der Waals surface area contributed by atoms with Gasteiger partial charge in [0.15, 0.2) is 5.96 Å². The van der Waals surface area contributed by atoms with Gasteiger partial charge in [0.2, 0.25) is 0 Å². The normalized spacial score (nSPS) is 23.9. The Bertz CT molecular complexity index is 487. The van der Waals surface area contributed by atoms with E-state index in [0.717, 1.165) is 71.5 Å². The summed E-state index contributed by atoms with van der Waals surface area (Å²) < 4.78 is 11.2. The maximum atomic E-state index is 5.61. The van der Waals surface area contributed by atoms with Crippen LogP contribution in [0, 0.1) is 5.41 Å². The SMILES string of the molecule is CCNC(=NCC1(CCOCC)CC1)NCC1(N2CCOCC2)CCCCC1.I. The number of halogens is 1. The molecule has 1 aliphatic heterocycles. The summed E-state index contributed by atoms with van der Waals surface area (Å²) in [7, 11) is 0. The summed E-state index contributed by atoms with van der Waals surface area (Å²) in [5.74, 6) is 0.989. The number of rotatable bonds is 10. The average Bonchev–Trinajstić information content (AvgIpc) is 3.52. The Kier molecular flexibility index (Phi) is 11.0. The van der Waals surface area contributed by atoms with E-state index in [1.807, 2.05) is 0 Å². The molecule has 0 aromatic carbocycles. The fourth-order valence-corrected chi connectivity index (χ4v) is 4.79. The van der Waals surface area contributed by atoms with Crippen molar-refractivity contribution in [2.75, 3.05) is 59.2 Å². The zero-order valence-electron chi connectivity index (χ0n) is 18.6. The van der Waals surface area contributed by atoms with Crippen molar-refractivity contribution in [2.24, 2.45) is 10.4 Å². The molecule has 29 heavy (non-hydrogen) atoms. The molecule has 3 aliphatic rings. The van der Waals surface area contributed by atoms with Crippen LogP contribution >= 0.6 is 24.0 Å². The van der Waals surface area contributed by atoms with Gasteiger partial charge in [-0.2, -0.15) is 0 Å². The van der Waals surface area contributed by atoms with E-state index in [2.05, 4.69) is 29.4 Å². The zero-order valence-corrected chi connectivity index (χ0v) is 21.0. The van der Waals surface area contributed by atoms with Crippen molar-refractivity contribution < 1.29 is 9.47 Å². The number of ether oxygens (including phenoxy) is 2. The summed E-state index contributed by atoms with van der Waals surface area (Å²) in [5.41, 5.74) is 0.661. The molecule has 170 valence electrons. The van der Waals surface area contributed by atoms with Crippen LogP contribution in [0.4, 0.5) is 0 Å². The first kappa shape index (κ1) is 25.1. The first-order valence-electron chi connectivity index (χ1n) is 11.6. The molecular weight excluding hydrogens is 479 g/mol. The summed E-state index contributed by atoms with van der Waals surface area (Å²) in [4.78, 5) is 7.67. The lowest BCUT2D eigenvalue weighted by molar-refractivity contribution is -0.0352. The maximum Gasteiger partial charge on any atom is 0.191 e. The molecule has 2 saturated carbocycles. The van der Waals surface area contributed by atoms with Crippen molar-refractivity contribution in [2.45, 2.75) is 70.8 Å². The van der Waals surface area contributed by atoms with E-state index >= 15 is 0 Å². The summed E-state index contributed by atoms with van der Waals surface area (Å²) in [6.45, 7) is 12.6. The summed E-state index contributed by atoms with van der Waals surface area (Å²) in [6, 6.07) is 0. The van der Waals surface area contributed by atoms with Gasteiger partial charge in [-0.25, -0.2) is 0 Å². The quantitative estimate of drug-likeness (QED) is 0.199. The van der Waals surface area contributed by atoms with Crippen molar-refractivity contribution in [3.63, 3.8) is 0 Å². The van der Waals surface area contributed by atoms with E-state index < -0.39 is 0 Å². The smallest absolute Gasteiger partial charge is 0.191 e. The molecule has 0 unspecified atom stereocenters. The number of aliphatic imine (C=N–C) groups is 1. The molecule has 3 fully saturated rings. The third-order valence-corrected chi connectivity index (χ3v) is 6.91.